The molecule has 0 spiro atoms. The monoisotopic (exact) mass is 302 g/mol. The number of amides is 1. The Balaban J connectivity index is 2.73. The first-order valence-corrected chi connectivity index (χ1v) is 6.77. The van der Waals surface area contributed by atoms with Crippen molar-refractivity contribution in [1.29, 1.82) is 0 Å². The smallest absolute Gasteiger partial charge is 0.328 e. The van der Waals surface area contributed by atoms with Gasteiger partial charge in [0, 0.05) is 6.42 Å². The van der Waals surface area contributed by atoms with Crippen molar-refractivity contribution in [2.24, 2.45) is 11.7 Å². The van der Waals surface area contributed by atoms with Gasteiger partial charge in [-0.2, -0.15) is 0 Å². The molecule has 0 aliphatic heterocycles. The number of nitrogens with two attached hydrogens (primary N) is 1. The summed E-state index contributed by atoms with van der Waals surface area (Å²) >= 11 is 5.80. The first-order chi connectivity index (χ1) is 9.35. The maximum Gasteiger partial charge on any atom is 0.328 e. The van der Waals surface area contributed by atoms with E-state index >= 15 is 0 Å². The zero-order valence-electron chi connectivity index (χ0n) is 11.5. The number of halogens is 1. The summed E-state index contributed by atoms with van der Waals surface area (Å²) in [5.41, 5.74) is 5.46. The molecule has 1 aliphatic carbocycles. The second-order valence-corrected chi connectivity index (χ2v) is 5.25. The van der Waals surface area contributed by atoms with Crippen LogP contribution >= 0.6 is 11.6 Å². The fourth-order valence-electron chi connectivity index (χ4n) is 1.97. The van der Waals surface area contributed by atoms with E-state index in [1.807, 2.05) is 0 Å². The van der Waals surface area contributed by atoms with E-state index < -0.39 is 24.0 Å². The molecule has 1 amide bonds. The van der Waals surface area contributed by atoms with Gasteiger partial charge >= 0.3 is 5.97 Å². The van der Waals surface area contributed by atoms with Crippen LogP contribution in [0, 0.1) is 5.92 Å². The van der Waals surface area contributed by atoms with Gasteiger partial charge < -0.3 is 15.8 Å². The van der Waals surface area contributed by atoms with Gasteiger partial charge in [0.1, 0.15) is 6.04 Å². The van der Waals surface area contributed by atoms with Crippen molar-refractivity contribution >= 4 is 29.3 Å². The number of hydrogen-bond donors (Lipinski definition) is 2. The Morgan fingerprint density at radius 2 is 2.25 bits per heavy atom. The Hall–Kier alpha value is -1.40. The number of esters is 1. The van der Waals surface area contributed by atoms with Crippen LogP contribution in [0.25, 0.3) is 0 Å². The highest BCUT2D eigenvalue weighted by molar-refractivity contribution is 6.42. The second kappa shape index (κ2) is 7.40. The van der Waals surface area contributed by atoms with Crippen LogP contribution in [0.15, 0.2) is 11.1 Å². The van der Waals surface area contributed by atoms with Gasteiger partial charge in [0.25, 0.3) is 0 Å². The number of Topliss-reactive ketones (excluding diaryl/α,β-unsaturated/α-hetero) is 1. The minimum absolute atomic E-state index is 0.0577. The largest absolute Gasteiger partial charge is 0.467 e. The Kier molecular flexibility index (Phi) is 6.16. The summed E-state index contributed by atoms with van der Waals surface area (Å²) in [6.07, 6.45) is 2.89. The summed E-state index contributed by atoms with van der Waals surface area (Å²) in [7, 11) is 1.25. The molecule has 0 aromatic rings. The number of carbonyl (C=O) groups is 3. The zero-order valence-corrected chi connectivity index (χ0v) is 12.3. The molecule has 1 rings (SSSR count). The molecule has 0 heterocycles. The highest BCUT2D eigenvalue weighted by Crippen LogP contribution is 2.26. The molecule has 1 aliphatic rings. The highest BCUT2D eigenvalue weighted by Gasteiger charge is 2.28. The Labute approximate surface area is 122 Å². The van der Waals surface area contributed by atoms with Crippen molar-refractivity contribution < 1.29 is 19.1 Å². The number of rotatable bonds is 5. The van der Waals surface area contributed by atoms with Crippen molar-refractivity contribution in [2.75, 3.05) is 7.11 Å². The number of carbonyl (C=O) groups excluding carboxylic acids is 3. The number of ether oxygens (including phenoxy) is 1. The van der Waals surface area contributed by atoms with Gasteiger partial charge in [0.2, 0.25) is 5.91 Å². The minimum Gasteiger partial charge on any atom is -0.467 e. The lowest BCUT2D eigenvalue weighted by Gasteiger charge is -2.23. The van der Waals surface area contributed by atoms with Crippen molar-refractivity contribution in [1.82, 2.24) is 5.32 Å². The summed E-state index contributed by atoms with van der Waals surface area (Å²) in [5, 5.41) is 2.73. The van der Waals surface area contributed by atoms with Crippen molar-refractivity contribution in [2.45, 2.75) is 38.3 Å². The van der Waals surface area contributed by atoms with E-state index in [2.05, 4.69) is 10.1 Å². The van der Waals surface area contributed by atoms with Gasteiger partial charge in [-0.05, 0) is 25.7 Å². The average molecular weight is 303 g/mol. The van der Waals surface area contributed by atoms with Crippen LogP contribution in [0.2, 0.25) is 0 Å². The van der Waals surface area contributed by atoms with Crippen LogP contribution in [-0.4, -0.2) is 36.9 Å². The number of allylic oxidation sites excluding steroid dienone is 2. The Morgan fingerprint density at radius 3 is 2.75 bits per heavy atom. The third-order valence-corrected chi connectivity index (χ3v) is 3.48. The number of ketones is 1. The molecule has 112 valence electrons. The van der Waals surface area contributed by atoms with Crippen LogP contribution in [0.1, 0.15) is 26.2 Å². The molecule has 3 N–H and O–H groups in total. The van der Waals surface area contributed by atoms with E-state index in [0.717, 1.165) is 0 Å². The Morgan fingerprint density at radius 1 is 1.60 bits per heavy atom. The van der Waals surface area contributed by atoms with Crippen LogP contribution < -0.4 is 11.1 Å². The molecule has 0 radical (unpaired) electrons. The van der Waals surface area contributed by atoms with Gasteiger partial charge in [-0.25, -0.2) is 4.79 Å². The molecular weight excluding hydrogens is 284 g/mol. The molecule has 0 saturated carbocycles. The fraction of sp³-hybridized carbons (Fsp3) is 0.615. The molecule has 0 bridgehead atoms. The first kappa shape index (κ1) is 16.7. The summed E-state index contributed by atoms with van der Waals surface area (Å²) < 4.78 is 4.67. The lowest BCUT2D eigenvalue weighted by molar-refractivity contribution is -0.145. The van der Waals surface area contributed by atoms with Crippen molar-refractivity contribution in [3.8, 4) is 0 Å². The molecular formula is C13H19ClN2O4. The van der Waals surface area contributed by atoms with E-state index in [1.54, 1.807) is 6.08 Å². The summed E-state index contributed by atoms with van der Waals surface area (Å²) in [4.78, 5) is 34.6. The maximum absolute atomic E-state index is 11.7. The first-order valence-electron chi connectivity index (χ1n) is 6.39. The zero-order chi connectivity index (χ0) is 15.3. The van der Waals surface area contributed by atoms with E-state index in [0.29, 0.717) is 19.3 Å². The van der Waals surface area contributed by atoms with E-state index in [1.165, 1.54) is 14.0 Å². The number of nitrogens with one attached hydrogen (secondary N) is 1. The lowest BCUT2D eigenvalue weighted by Crippen LogP contribution is -2.48. The van der Waals surface area contributed by atoms with Gasteiger partial charge in [-0.1, -0.05) is 17.7 Å². The van der Waals surface area contributed by atoms with Gasteiger partial charge in [-0.15, -0.1) is 0 Å². The third-order valence-electron chi connectivity index (χ3n) is 3.14. The van der Waals surface area contributed by atoms with Crippen LogP contribution in [0.4, 0.5) is 0 Å². The van der Waals surface area contributed by atoms with E-state index in [9.17, 15) is 14.4 Å². The van der Waals surface area contributed by atoms with E-state index in [4.69, 9.17) is 17.3 Å². The Bertz CT molecular complexity index is 434. The average Bonchev–Trinajstić information content (AvgIpc) is 2.40. The number of methoxy groups -OCH3 is 1. The summed E-state index contributed by atoms with van der Waals surface area (Å²) in [6.45, 7) is 1.53. The molecule has 6 nitrogen and oxygen atoms in total. The maximum atomic E-state index is 11.7. The van der Waals surface area contributed by atoms with Crippen LogP contribution in [0.5, 0.6) is 0 Å². The SMILES string of the molecule is COC(=O)[C@H](C[C@@H]1C=C(Cl)C(=O)CC1)NC(=O)[C@H](C)N. The van der Waals surface area contributed by atoms with Crippen LogP contribution in [0.3, 0.4) is 0 Å². The minimum atomic E-state index is -0.794. The third kappa shape index (κ3) is 4.61. The van der Waals surface area contributed by atoms with Gasteiger partial charge in [0.05, 0.1) is 18.2 Å². The molecule has 0 aromatic carbocycles. The topological polar surface area (TPSA) is 98.5 Å². The molecule has 0 unspecified atom stereocenters. The molecule has 3 atom stereocenters. The fourth-order valence-corrected chi connectivity index (χ4v) is 2.24. The van der Waals surface area contributed by atoms with E-state index in [-0.39, 0.29) is 16.7 Å². The summed E-state index contributed by atoms with van der Waals surface area (Å²) in [6, 6.07) is -1.51. The highest BCUT2D eigenvalue weighted by atomic mass is 35.5. The standard InChI is InChI=1S/C13H19ClN2O4/c1-7(15)12(18)16-10(13(19)20-2)6-8-3-4-11(17)9(14)5-8/h5,7-8,10H,3-4,6,15H2,1-2H3,(H,16,18)/t7-,8-,10-/m0/s1. The predicted octanol–water partition coefficient (Wildman–Crippen LogP) is 0.483. The normalized spacial score (nSPS) is 21.7. The molecule has 0 fully saturated rings. The predicted molar refractivity (Wildman–Crippen MR) is 73.9 cm³/mol. The van der Waals surface area contributed by atoms with Crippen LogP contribution in [-0.2, 0) is 19.1 Å². The lowest BCUT2D eigenvalue weighted by atomic mass is 9.89. The number of hydrogen-bond acceptors (Lipinski definition) is 5. The van der Waals surface area contributed by atoms with Crippen molar-refractivity contribution in [3.63, 3.8) is 0 Å². The molecule has 0 saturated heterocycles. The molecule has 20 heavy (non-hydrogen) atoms. The molecule has 0 aromatic heterocycles. The molecule has 7 heteroatoms. The van der Waals surface area contributed by atoms with Crippen molar-refractivity contribution in [3.05, 3.63) is 11.1 Å². The van der Waals surface area contributed by atoms with Gasteiger partial charge in [0.15, 0.2) is 5.78 Å². The summed E-state index contributed by atoms with van der Waals surface area (Å²) in [5.74, 6) is -1.13. The second-order valence-electron chi connectivity index (χ2n) is 4.85. The van der Waals surface area contributed by atoms with Gasteiger partial charge in [-0.3, -0.25) is 9.59 Å². The quantitative estimate of drug-likeness (QED) is 0.720.